The van der Waals surface area contributed by atoms with E-state index in [4.69, 9.17) is 10.8 Å². The number of phenolic OH excluding ortho intramolecular Hbond substituents is 1. The number of fused-ring (bicyclic) bond motifs is 2. The number of aromatic hydroxyl groups is 1. The van der Waals surface area contributed by atoms with Crippen LogP contribution in [0.25, 0.3) is 22.6 Å². The Labute approximate surface area is 182 Å². The molecule has 0 saturated heterocycles. The summed E-state index contributed by atoms with van der Waals surface area (Å²) in [6.07, 6.45) is 3.08. The van der Waals surface area contributed by atoms with Crippen LogP contribution in [0.4, 0.5) is 11.4 Å². The number of hydrogen-bond acceptors (Lipinski definition) is 6. The first-order valence-electron chi connectivity index (χ1n) is 9.86. The van der Waals surface area contributed by atoms with Gasteiger partial charge in [0.05, 0.1) is 6.04 Å². The Morgan fingerprint density at radius 2 is 2.03 bits per heavy atom. The Kier molecular flexibility index (Phi) is 5.57. The van der Waals surface area contributed by atoms with Gasteiger partial charge in [-0.15, -0.1) is 0 Å². The standard InChI is InChI=1S/C23H20N4O5/c24-17(5-8-20(29)30)23(32)26-13-4-6-18-15(11-13)16(22(31)27-18)10-12-3-7-19(28)21-14(12)2-1-9-25-21/h1-4,6-7,9-11,17,28H,5,8,24H2,(H,26,32)(H,27,31)(H,29,30)/t17-/m0/s1. The van der Waals surface area contributed by atoms with Crippen LogP contribution in [0.15, 0.2) is 48.7 Å². The minimum Gasteiger partial charge on any atom is -0.506 e. The zero-order valence-corrected chi connectivity index (χ0v) is 16.8. The van der Waals surface area contributed by atoms with Crippen molar-refractivity contribution in [2.45, 2.75) is 18.9 Å². The fourth-order valence-corrected chi connectivity index (χ4v) is 3.52. The van der Waals surface area contributed by atoms with E-state index >= 15 is 0 Å². The SMILES string of the molecule is N[C@@H](CCC(=O)O)C(=O)Nc1ccc2c(c1)C(=Cc1ccc(O)c3ncccc13)C(=O)N2. The van der Waals surface area contributed by atoms with Gasteiger partial charge in [0.15, 0.2) is 0 Å². The van der Waals surface area contributed by atoms with Crippen LogP contribution in [-0.2, 0) is 14.4 Å². The van der Waals surface area contributed by atoms with Gasteiger partial charge in [-0.2, -0.15) is 0 Å². The monoisotopic (exact) mass is 432 g/mol. The van der Waals surface area contributed by atoms with Crippen molar-refractivity contribution in [3.05, 3.63) is 59.8 Å². The third-order valence-corrected chi connectivity index (χ3v) is 5.16. The first-order chi connectivity index (χ1) is 15.3. The van der Waals surface area contributed by atoms with Crippen molar-refractivity contribution in [2.75, 3.05) is 10.6 Å². The summed E-state index contributed by atoms with van der Waals surface area (Å²) in [6.45, 7) is 0. The number of aromatic nitrogens is 1. The largest absolute Gasteiger partial charge is 0.506 e. The summed E-state index contributed by atoms with van der Waals surface area (Å²) in [6, 6.07) is 10.7. The highest BCUT2D eigenvalue weighted by molar-refractivity contribution is 6.35. The highest BCUT2D eigenvalue weighted by Gasteiger charge is 2.25. The summed E-state index contributed by atoms with van der Waals surface area (Å²) >= 11 is 0. The lowest BCUT2D eigenvalue weighted by molar-refractivity contribution is -0.137. The molecule has 2 heterocycles. The molecule has 0 spiro atoms. The topological polar surface area (TPSA) is 155 Å². The number of pyridine rings is 1. The lowest BCUT2D eigenvalue weighted by Gasteiger charge is -2.12. The number of amides is 2. The van der Waals surface area contributed by atoms with E-state index < -0.39 is 17.9 Å². The molecule has 3 aromatic rings. The van der Waals surface area contributed by atoms with Gasteiger partial charge in [-0.25, -0.2) is 0 Å². The number of nitrogens with zero attached hydrogens (tertiary/aromatic N) is 1. The van der Waals surface area contributed by atoms with Crippen molar-refractivity contribution < 1.29 is 24.6 Å². The van der Waals surface area contributed by atoms with Crippen molar-refractivity contribution in [3.8, 4) is 5.75 Å². The Morgan fingerprint density at radius 3 is 2.81 bits per heavy atom. The quantitative estimate of drug-likeness (QED) is 0.375. The number of hydrogen-bond donors (Lipinski definition) is 5. The van der Waals surface area contributed by atoms with Crippen LogP contribution >= 0.6 is 0 Å². The molecule has 1 aliphatic heterocycles. The Morgan fingerprint density at radius 1 is 1.22 bits per heavy atom. The summed E-state index contributed by atoms with van der Waals surface area (Å²) in [5.41, 5.74) is 8.90. The molecule has 2 amide bonds. The first kappa shape index (κ1) is 21.0. The van der Waals surface area contributed by atoms with Crippen LogP contribution in [0.1, 0.15) is 24.0 Å². The molecule has 0 unspecified atom stereocenters. The molecule has 0 aliphatic carbocycles. The molecule has 32 heavy (non-hydrogen) atoms. The second-order valence-corrected chi connectivity index (χ2v) is 7.37. The third kappa shape index (κ3) is 4.14. The van der Waals surface area contributed by atoms with Crippen molar-refractivity contribution >= 4 is 51.7 Å². The minimum absolute atomic E-state index is 0.0132. The summed E-state index contributed by atoms with van der Waals surface area (Å²) < 4.78 is 0. The third-order valence-electron chi connectivity index (χ3n) is 5.16. The second kappa shape index (κ2) is 8.48. The van der Waals surface area contributed by atoms with Gasteiger partial charge in [-0.3, -0.25) is 19.4 Å². The molecule has 0 bridgehead atoms. The van der Waals surface area contributed by atoms with Gasteiger partial charge < -0.3 is 26.6 Å². The lowest BCUT2D eigenvalue weighted by atomic mass is 10.0. The zero-order valence-electron chi connectivity index (χ0n) is 16.8. The molecule has 0 radical (unpaired) electrons. The van der Waals surface area contributed by atoms with Crippen LogP contribution < -0.4 is 16.4 Å². The summed E-state index contributed by atoms with van der Waals surface area (Å²) in [5.74, 6) is -1.79. The number of benzene rings is 2. The van der Waals surface area contributed by atoms with E-state index in [1.165, 1.54) is 6.07 Å². The first-order valence-corrected chi connectivity index (χ1v) is 9.86. The average Bonchev–Trinajstić information content (AvgIpc) is 3.08. The van der Waals surface area contributed by atoms with Gasteiger partial charge >= 0.3 is 5.97 Å². The molecule has 162 valence electrons. The van der Waals surface area contributed by atoms with Crippen LogP contribution in [-0.4, -0.2) is 39.0 Å². The summed E-state index contributed by atoms with van der Waals surface area (Å²) in [4.78, 5) is 39.8. The van der Waals surface area contributed by atoms with Gasteiger partial charge in [-0.1, -0.05) is 12.1 Å². The fourth-order valence-electron chi connectivity index (χ4n) is 3.52. The Balaban J connectivity index is 1.65. The number of carbonyl (C=O) groups is 3. The number of carbonyl (C=O) groups excluding carboxylic acids is 2. The molecule has 1 aliphatic rings. The second-order valence-electron chi connectivity index (χ2n) is 7.37. The smallest absolute Gasteiger partial charge is 0.303 e. The van der Waals surface area contributed by atoms with E-state index in [9.17, 15) is 19.5 Å². The normalized spacial score (nSPS) is 14.8. The predicted molar refractivity (Wildman–Crippen MR) is 120 cm³/mol. The number of nitrogens with one attached hydrogen (secondary N) is 2. The number of carboxylic acid groups (broad SMARTS) is 1. The minimum atomic E-state index is -1.03. The van der Waals surface area contributed by atoms with Crippen molar-refractivity contribution in [2.24, 2.45) is 5.73 Å². The Hall–Kier alpha value is -4.24. The summed E-state index contributed by atoms with van der Waals surface area (Å²) in [5, 5.41) is 24.9. The fraction of sp³-hybridized carbons (Fsp3) is 0.130. The van der Waals surface area contributed by atoms with Gasteiger partial charge in [0, 0.05) is 40.5 Å². The van der Waals surface area contributed by atoms with Crippen molar-refractivity contribution in [1.29, 1.82) is 0 Å². The predicted octanol–water partition coefficient (Wildman–Crippen LogP) is 2.56. The van der Waals surface area contributed by atoms with Crippen molar-refractivity contribution in [3.63, 3.8) is 0 Å². The molecule has 4 rings (SSSR count). The molecular weight excluding hydrogens is 412 g/mol. The molecule has 9 heteroatoms. The van der Waals surface area contributed by atoms with E-state index in [1.54, 1.807) is 48.7 Å². The molecule has 6 N–H and O–H groups in total. The number of carboxylic acids is 1. The Bertz CT molecular complexity index is 1280. The van der Waals surface area contributed by atoms with Gasteiger partial charge in [-0.05, 0) is 48.4 Å². The molecule has 1 atom stereocenters. The number of anilines is 2. The van der Waals surface area contributed by atoms with Crippen LogP contribution in [0.3, 0.4) is 0 Å². The maximum absolute atomic E-state index is 12.6. The molecule has 2 aromatic carbocycles. The number of phenols is 1. The van der Waals surface area contributed by atoms with Gasteiger partial charge in [0.1, 0.15) is 11.3 Å². The number of rotatable bonds is 6. The molecule has 0 fully saturated rings. The molecule has 1 aromatic heterocycles. The van der Waals surface area contributed by atoms with E-state index in [0.29, 0.717) is 39.0 Å². The van der Waals surface area contributed by atoms with E-state index in [-0.39, 0.29) is 24.5 Å². The van der Waals surface area contributed by atoms with E-state index in [2.05, 4.69) is 15.6 Å². The summed E-state index contributed by atoms with van der Waals surface area (Å²) in [7, 11) is 0. The zero-order chi connectivity index (χ0) is 22.8. The maximum atomic E-state index is 12.6. The number of aliphatic carboxylic acids is 1. The van der Waals surface area contributed by atoms with E-state index in [1.807, 2.05) is 0 Å². The van der Waals surface area contributed by atoms with E-state index in [0.717, 1.165) is 0 Å². The van der Waals surface area contributed by atoms with Crippen LogP contribution in [0, 0.1) is 0 Å². The van der Waals surface area contributed by atoms with Crippen molar-refractivity contribution in [1.82, 2.24) is 4.98 Å². The lowest BCUT2D eigenvalue weighted by Crippen LogP contribution is -2.36. The van der Waals surface area contributed by atoms with Crippen LogP contribution in [0.2, 0.25) is 0 Å². The average molecular weight is 432 g/mol. The maximum Gasteiger partial charge on any atom is 0.303 e. The van der Waals surface area contributed by atoms with Gasteiger partial charge in [0.25, 0.3) is 5.91 Å². The highest BCUT2D eigenvalue weighted by atomic mass is 16.4. The highest BCUT2D eigenvalue weighted by Crippen LogP contribution is 2.36. The molecular formula is C23H20N4O5. The number of nitrogens with two attached hydrogens (primary N) is 1. The molecule has 9 nitrogen and oxygen atoms in total. The van der Waals surface area contributed by atoms with Gasteiger partial charge in [0.2, 0.25) is 5.91 Å². The van der Waals surface area contributed by atoms with Crippen LogP contribution in [0.5, 0.6) is 5.75 Å². The molecule has 0 saturated carbocycles.